The van der Waals surface area contributed by atoms with Crippen LogP contribution in [-0.2, 0) is 17.6 Å². The topological polar surface area (TPSA) is 120 Å². The highest BCUT2D eigenvalue weighted by Crippen LogP contribution is 2.51. The van der Waals surface area contributed by atoms with Crippen molar-refractivity contribution in [2.24, 2.45) is 11.1 Å². The number of rotatable bonds is 2. The van der Waals surface area contributed by atoms with Gasteiger partial charge in [0.05, 0.1) is 17.6 Å². The summed E-state index contributed by atoms with van der Waals surface area (Å²) in [7, 11) is 0. The third-order valence-corrected chi connectivity index (χ3v) is 9.17. The molecule has 10 nitrogen and oxygen atoms in total. The van der Waals surface area contributed by atoms with E-state index in [1.165, 1.54) is 16.7 Å². The molecule has 0 saturated carbocycles. The Morgan fingerprint density at radius 1 is 1.00 bits per heavy atom. The van der Waals surface area contributed by atoms with E-state index in [4.69, 9.17) is 15.7 Å². The number of nitrogens with zero attached hydrogens (tertiary/aromatic N) is 7. The minimum atomic E-state index is 0.0610. The molecule has 1 aliphatic carbocycles. The van der Waals surface area contributed by atoms with Crippen LogP contribution >= 0.6 is 0 Å². The molecule has 3 aromatic heterocycles. The maximum atomic E-state index is 12.6. The number of nitrogens with two attached hydrogens (primary N) is 1. The molecule has 4 aromatic rings. The minimum absolute atomic E-state index is 0.0610. The maximum absolute atomic E-state index is 12.6. The predicted octanol–water partition coefficient (Wildman–Crippen LogP) is 3.02. The summed E-state index contributed by atoms with van der Waals surface area (Å²) in [5.41, 5.74) is 14.1. The van der Waals surface area contributed by atoms with Gasteiger partial charge in [0.15, 0.2) is 17.0 Å². The van der Waals surface area contributed by atoms with Gasteiger partial charge < -0.3 is 20.4 Å². The van der Waals surface area contributed by atoms with E-state index in [1.807, 2.05) is 23.5 Å². The highest BCUT2D eigenvalue weighted by Gasteiger charge is 2.46. The number of aromatic amines is 1. The Kier molecular flexibility index (Phi) is 4.61. The summed E-state index contributed by atoms with van der Waals surface area (Å²) >= 11 is 0. The molecule has 1 spiro atoms. The van der Waals surface area contributed by atoms with Gasteiger partial charge in [-0.3, -0.25) is 14.9 Å². The van der Waals surface area contributed by atoms with E-state index in [0.29, 0.717) is 25.2 Å². The fraction of sp³-hybridized carbons (Fsp3) is 0.393. The first-order valence-corrected chi connectivity index (χ1v) is 13.5. The molecule has 0 unspecified atom stereocenters. The Hall–Kier alpha value is -4.05. The van der Waals surface area contributed by atoms with Gasteiger partial charge in [-0.1, -0.05) is 12.1 Å². The van der Waals surface area contributed by atoms with E-state index in [-0.39, 0.29) is 17.4 Å². The Morgan fingerprint density at radius 2 is 1.87 bits per heavy atom. The van der Waals surface area contributed by atoms with Crippen molar-refractivity contribution in [3.63, 3.8) is 0 Å². The SMILES string of the molecule is N[C@@H]1c2ccncc2CC12CCN(c1cnc3c(N4CCN5C(=O)CCc6cccc4c65)n[nH]c3n1)CC2. The monoisotopic (exact) mass is 507 g/mol. The molecule has 4 aliphatic rings. The first kappa shape index (κ1) is 22.0. The first-order valence-electron chi connectivity index (χ1n) is 13.5. The van der Waals surface area contributed by atoms with E-state index in [0.717, 1.165) is 67.3 Å². The molecule has 0 radical (unpaired) electrons. The number of fused-ring (bicyclic) bond motifs is 2. The largest absolute Gasteiger partial charge is 0.355 e. The van der Waals surface area contributed by atoms with Crippen molar-refractivity contribution in [1.29, 1.82) is 0 Å². The highest BCUT2D eigenvalue weighted by atomic mass is 16.2. The van der Waals surface area contributed by atoms with Crippen molar-refractivity contribution in [2.45, 2.75) is 38.1 Å². The molecule has 192 valence electrons. The highest BCUT2D eigenvalue weighted by molar-refractivity contribution is 6.03. The summed E-state index contributed by atoms with van der Waals surface area (Å²) in [5.74, 6) is 1.81. The maximum Gasteiger partial charge on any atom is 0.227 e. The van der Waals surface area contributed by atoms with Crippen LogP contribution in [0.25, 0.3) is 11.2 Å². The van der Waals surface area contributed by atoms with Gasteiger partial charge in [-0.15, -0.1) is 0 Å². The van der Waals surface area contributed by atoms with E-state index >= 15 is 0 Å². The van der Waals surface area contributed by atoms with Crippen molar-refractivity contribution < 1.29 is 4.79 Å². The number of H-pyrrole nitrogens is 1. The van der Waals surface area contributed by atoms with Crippen LogP contribution in [0, 0.1) is 5.41 Å². The first-order chi connectivity index (χ1) is 18.6. The van der Waals surface area contributed by atoms with E-state index in [2.05, 4.69) is 49.2 Å². The van der Waals surface area contributed by atoms with Crippen molar-refractivity contribution in [3.05, 3.63) is 59.5 Å². The molecule has 0 bridgehead atoms. The lowest BCUT2D eigenvalue weighted by Crippen LogP contribution is -2.45. The number of carbonyl (C=O) groups excluding carboxylic acids is 1. The number of para-hydroxylation sites is 1. The zero-order chi connectivity index (χ0) is 25.4. The summed E-state index contributed by atoms with van der Waals surface area (Å²) in [4.78, 5) is 33.1. The molecule has 1 saturated heterocycles. The van der Waals surface area contributed by atoms with Crippen LogP contribution in [0.3, 0.4) is 0 Å². The predicted molar refractivity (Wildman–Crippen MR) is 145 cm³/mol. The summed E-state index contributed by atoms with van der Waals surface area (Å²) in [6.45, 7) is 3.09. The number of hydrogen-bond donors (Lipinski definition) is 2. The Bertz CT molecular complexity index is 1590. The lowest BCUT2D eigenvalue weighted by Gasteiger charge is -2.42. The number of pyridine rings is 1. The van der Waals surface area contributed by atoms with Crippen LogP contribution in [0.15, 0.2) is 42.9 Å². The molecule has 1 amide bonds. The van der Waals surface area contributed by atoms with Gasteiger partial charge in [0.25, 0.3) is 0 Å². The second kappa shape index (κ2) is 7.97. The molecule has 6 heterocycles. The summed E-state index contributed by atoms with van der Waals surface area (Å²) < 4.78 is 0. The molecule has 3 aliphatic heterocycles. The van der Waals surface area contributed by atoms with Crippen molar-refractivity contribution >= 4 is 40.1 Å². The number of nitrogens with one attached hydrogen (secondary N) is 1. The van der Waals surface area contributed by atoms with Gasteiger partial charge in [-0.2, -0.15) is 5.10 Å². The standard InChI is InChI=1S/C28H29N9O/c29-25-19-6-9-30-15-18(19)14-28(25)7-10-35(11-8-28)21-16-31-23-26(32-21)33-34-27(23)36-12-13-37-22(38)5-4-17-2-1-3-20(36)24(17)37/h1-3,6,9,15-16,25H,4-5,7-8,10-14,29H2,(H,32,33,34)/t25-/m1/s1. The van der Waals surface area contributed by atoms with Crippen LogP contribution in [0.5, 0.6) is 0 Å². The number of aromatic nitrogens is 5. The number of aryl methyl sites for hydroxylation is 1. The lowest BCUT2D eigenvalue weighted by molar-refractivity contribution is -0.118. The molecular formula is C28H29N9O. The minimum Gasteiger partial charge on any atom is -0.355 e. The van der Waals surface area contributed by atoms with Gasteiger partial charge >= 0.3 is 0 Å². The number of anilines is 4. The number of piperidine rings is 1. The van der Waals surface area contributed by atoms with Crippen LogP contribution in [0.2, 0.25) is 0 Å². The molecule has 8 rings (SSSR count). The third kappa shape index (κ3) is 3.06. The average molecular weight is 508 g/mol. The molecule has 38 heavy (non-hydrogen) atoms. The van der Waals surface area contributed by atoms with Gasteiger partial charge in [0.2, 0.25) is 5.91 Å². The van der Waals surface area contributed by atoms with Crippen LogP contribution in [-0.4, -0.2) is 57.2 Å². The van der Waals surface area contributed by atoms with Gasteiger partial charge in [-0.05, 0) is 59.9 Å². The normalized spacial score (nSPS) is 21.8. The number of benzene rings is 1. The molecule has 10 heteroatoms. The molecule has 1 fully saturated rings. The third-order valence-electron chi connectivity index (χ3n) is 9.17. The molecule has 1 aromatic carbocycles. The van der Waals surface area contributed by atoms with E-state index < -0.39 is 0 Å². The van der Waals surface area contributed by atoms with Gasteiger partial charge in [-0.25, -0.2) is 9.97 Å². The summed E-state index contributed by atoms with van der Waals surface area (Å²) in [5, 5.41) is 7.77. The number of carbonyl (C=O) groups is 1. The van der Waals surface area contributed by atoms with Crippen molar-refractivity contribution in [2.75, 3.05) is 40.9 Å². The van der Waals surface area contributed by atoms with Crippen LogP contribution < -0.4 is 20.4 Å². The fourth-order valence-corrected chi connectivity index (χ4v) is 7.09. The average Bonchev–Trinajstić information content (AvgIpc) is 3.49. The van der Waals surface area contributed by atoms with E-state index in [1.54, 1.807) is 0 Å². The molecule has 3 N–H and O–H groups in total. The smallest absolute Gasteiger partial charge is 0.227 e. The van der Waals surface area contributed by atoms with Gasteiger partial charge in [0.1, 0.15) is 5.82 Å². The van der Waals surface area contributed by atoms with Gasteiger partial charge in [0, 0.05) is 51.0 Å². The second-order valence-electron chi connectivity index (χ2n) is 11.0. The Morgan fingerprint density at radius 3 is 2.74 bits per heavy atom. The second-order valence-corrected chi connectivity index (χ2v) is 11.0. The summed E-state index contributed by atoms with van der Waals surface area (Å²) in [6.07, 6.45) is 10.1. The zero-order valence-electron chi connectivity index (χ0n) is 21.1. The van der Waals surface area contributed by atoms with Crippen LogP contribution in [0.4, 0.5) is 23.0 Å². The molecule has 1 atom stereocenters. The summed E-state index contributed by atoms with van der Waals surface area (Å²) in [6, 6.07) is 8.39. The number of hydrogen-bond acceptors (Lipinski definition) is 8. The quantitative estimate of drug-likeness (QED) is 0.425. The Balaban J connectivity index is 1.06. The van der Waals surface area contributed by atoms with Crippen LogP contribution in [0.1, 0.15) is 42.0 Å². The lowest BCUT2D eigenvalue weighted by atomic mass is 9.73. The van der Waals surface area contributed by atoms with E-state index in [9.17, 15) is 4.79 Å². The van der Waals surface area contributed by atoms with Crippen molar-refractivity contribution in [3.8, 4) is 0 Å². The van der Waals surface area contributed by atoms with Crippen molar-refractivity contribution in [1.82, 2.24) is 25.1 Å². The molecular weight excluding hydrogens is 478 g/mol. The zero-order valence-corrected chi connectivity index (χ0v) is 21.1. The number of amides is 1. The Labute approximate surface area is 219 Å². The fourth-order valence-electron chi connectivity index (χ4n) is 7.09.